The highest BCUT2D eigenvalue weighted by molar-refractivity contribution is 5.92. The van der Waals surface area contributed by atoms with Gasteiger partial charge in [-0.05, 0) is 18.6 Å². The van der Waals surface area contributed by atoms with Crippen LogP contribution in [0.3, 0.4) is 0 Å². The van der Waals surface area contributed by atoms with E-state index in [1.54, 1.807) is 7.05 Å². The summed E-state index contributed by atoms with van der Waals surface area (Å²) in [6.45, 7) is 2.57. The van der Waals surface area contributed by atoms with Crippen molar-refractivity contribution in [2.75, 3.05) is 18.9 Å². The minimum atomic E-state index is -0.859. The maximum Gasteiger partial charge on any atom is 0.422 e. The molecular formula is C14H18N4O3. The number of aromatic amines is 1. The van der Waals surface area contributed by atoms with E-state index in [4.69, 9.17) is 0 Å². The number of benzene rings is 1. The van der Waals surface area contributed by atoms with Crippen molar-refractivity contribution < 1.29 is 14.3 Å². The Hall–Kier alpha value is -2.57. The molecule has 0 atom stereocenters. The number of nitrogens with one attached hydrogen (secondary N) is 2. The molecule has 7 heteroatoms. The highest BCUT2D eigenvalue weighted by Crippen LogP contribution is 2.13. The Balaban J connectivity index is 1.90. The van der Waals surface area contributed by atoms with Crippen molar-refractivity contribution in [2.45, 2.75) is 19.8 Å². The number of hydrogen-bond donors (Lipinski definition) is 2. The Morgan fingerprint density at radius 3 is 2.86 bits per heavy atom. The van der Waals surface area contributed by atoms with Crippen molar-refractivity contribution in [3.63, 3.8) is 0 Å². The highest BCUT2D eigenvalue weighted by atomic mass is 16.6. The molecule has 0 saturated heterocycles. The smallest absolute Gasteiger partial charge is 0.359 e. The van der Waals surface area contributed by atoms with E-state index in [9.17, 15) is 9.59 Å². The summed E-state index contributed by atoms with van der Waals surface area (Å²) in [7, 11) is 1.59. The molecule has 1 heterocycles. The molecule has 0 aliphatic carbocycles. The maximum absolute atomic E-state index is 11.6. The highest BCUT2D eigenvalue weighted by Gasteiger charge is 2.15. The van der Waals surface area contributed by atoms with Crippen LogP contribution in [0.15, 0.2) is 24.3 Å². The lowest BCUT2D eigenvalue weighted by molar-refractivity contribution is 0.131. The number of unbranched alkanes of at least 4 members (excludes halogenated alkanes) is 1. The van der Waals surface area contributed by atoms with Crippen molar-refractivity contribution in [1.29, 1.82) is 0 Å². The van der Waals surface area contributed by atoms with Gasteiger partial charge in [0, 0.05) is 13.6 Å². The van der Waals surface area contributed by atoms with Gasteiger partial charge in [0.2, 0.25) is 5.95 Å². The fourth-order valence-corrected chi connectivity index (χ4v) is 1.78. The number of imidazole rings is 1. The molecule has 0 aliphatic rings. The molecule has 0 unspecified atom stereocenters. The standard InChI is InChI=1S/C14H18N4O3/c1-3-4-9-18(2)14(20)21-13(19)17-12-15-10-7-5-6-8-11(10)16-12/h5-8H,3-4,9H2,1-2H3,(H2,15,16,17,19). The Morgan fingerprint density at radius 2 is 2.14 bits per heavy atom. The number of aromatic nitrogens is 2. The number of amides is 2. The summed E-state index contributed by atoms with van der Waals surface area (Å²) in [5, 5.41) is 2.40. The summed E-state index contributed by atoms with van der Waals surface area (Å²) < 4.78 is 4.69. The molecule has 2 rings (SSSR count). The molecule has 21 heavy (non-hydrogen) atoms. The normalized spacial score (nSPS) is 10.4. The van der Waals surface area contributed by atoms with Crippen LogP contribution in [-0.2, 0) is 4.74 Å². The van der Waals surface area contributed by atoms with E-state index in [2.05, 4.69) is 20.0 Å². The first-order valence-corrected chi connectivity index (χ1v) is 6.79. The summed E-state index contributed by atoms with van der Waals surface area (Å²) in [4.78, 5) is 31.7. The van der Waals surface area contributed by atoms with Gasteiger partial charge >= 0.3 is 12.2 Å². The predicted octanol–water partition coefficient (Wildman–Crippen LogP) is 2.96. The first-order chi connectivity index (χ1) is 10.1. The number of rotatable bonds is 4. The van der Waals surface area contributed by atoms with Crippen LogP contribution in [0.1, 0.15) is 19.8 Å². The number of carbonyl (C=O) groups is 2. The number of fused-ring (bicyclic) bond motifs is 1. The fourth-order valence-electron chi connectivity index (χ4n) is 1.78. The number of anilines is 1. The molecule has 7 nitrogen and oxygen atoms in total. The second-order valence-electron chi connectivity index (χ2n) is 4.66. The zero-order chi connectivity index (χ0) is 15.2. The van der Waals surface area contributed by atoms with Gasteiger partial charge in [-0.2, -0.15) is 0 Å². The van der Waals surface area contributed by atoms with Crippen molar-refractivity contribution in [1.82, 2.24) is 14.9 Å². The van der Waals surface area contributed by atoms with E-state index >= 15 is 0 Å². The van der Waals surface area contributed by atoms with Crippen LogP contribution in [0.2, 0.25) is 0 Å². The molecule has 0 bridgehead atoms. The topological polar surface area (TPSA) is 87.3 Å². The third-order valence-electron chi connectivity index (χ3n) is 2.95. The van der Waals surface area contributed by atoms with Gasteiger partial charge in [-0.3, -0.25) is 5.32 Å². The van der Waals surface area contributed by atoms with Crippen molar-refractivity contribution in [3.8, 4) is 0 Å². The lowest BCUT2D eigenvalue weighted by atomic mass is 10.3. The fraction of sp³-hybridized carbons (Fsp3) is 0.357. The van der Waals surface area contributed by atoms with Crippen LogP contribution in [-0.4, -0.2) is 40.6 Å². The molecule has 0 fully saturated rings. The van der Waals surface area contributed by atoms with Crippen LogP contribution >= 0.6 is 0 Å². The molecule has 0 saturated carbocycles. The van der Waals surface area contributed by atoms with Gasteiger partial charge in [-0.1, -0.05) is 25.5 Å². The summed E-state index contributed by atoms with van der Waals surface area (Å²) in [5.74, 6) is 0.241. The van der Waals surface area contributed by atoms with Crippen LogP contribution in [0, 0.1) is 0 Å². The first-order valence-electron chi connectivity index (χ1n) is 6.79. The van der Waals surface area contributed by atoms with Gasteiger partial charge in [0.1, 0.15) is 0 Å². The van der Waals surface area contributed by atoms with E-state index in [0.717, 1.165) is 23.9 Å². The van der Waals surface area contributed by atoms with E-state index in [1.165, 1.54) is 4.90 Å². The van der Waals surface area contributed by atoms with E-state index in [-0.39, 0.29) is 5.95 Å². The zero-order valence-electron chi connectivity index (χ0n) is 12.0. The van der Waals surface area contributed by atoms with Gasteiger partial charge in [-0.25, -0.2) is 14.6 Å². The second-order valence-corrected chi connectivity index (χ2v) is 4.66. The number of ether oxygens (including phenoxy) is 1. The predicted molar refractivity (Wildman–Crippen MR) is 79.1 cm³/mol. The number of para-hydroxylation sites is 2. The third kappa shape index (κ3) is 3.95. The van der Waals surface area contributed by atoms with Crippen LogP contribution in [0.25, 0.3) is 11.0 Å². The Bertz CT molecular complexity index is 605. The zero-order valence-corrected chi connectivity index (χ0v) is 12.0. The van der Waals surface area contributed by atoms with E-state index in [0.29, 0.717) is 6.54 Å². The summed E-state index contributed by atoms with van der Waals surface area (Å²) in [5.41, 5.74) is 1.51. The summed E-state index contributed by atoms with van der Waals surface area (Å²) >= 11 is 0. The molecule has 2 aromatic rings. The minimum absolute atomic E-state index is 0.241. The summed E-state index contributed by atoms with van der Waals surface area (Å²) in [6, 6.07) is 7.35. The maximum atomic E-state index is 11.6. The van der Waals surface area contributed by atoms with E-state index in [1.807, 2.05) is 31.2 Å². The average Bonchev–Trinajstić information content (AvgIpc) is 2.86. The Labute approximate surface area is 122 Å². The largest absolute Gasteiger partial charge is 0.422 e. The van der Waals surface area contributed by atoms with Crippen LogP contribution < -0.4 is 5.32 Å². The molecule has 112 valence electrons. The lowest BCUT2D eigenvalue weighted by Gasteiger charge is -2.15. The number of hydrogen-bond acceptors (Lipinski definition) is 4. The molecule has 0 radical (unpaired) electrons. The SMILES string of the molecule is CCCCN(C)C(=O)OC(=O)Nc1nc2ccccc2[nH]1. The molecule has 0 spiro atoms. The monoisotopic (exact) mass is 290 g/mol. The van der Waals surface area contributed by atoms with Gasteiger partial charge in [-0.15, -0.1) is 0 Å². The van der Waals surface area contributed by atoms with Crippen molar-refractivity contribution in [2.24, 2.45) is 0 Å². The third-order valence-corrected chi connectivity index (χ3v) is 2.95. The number of carbonyl (C=O) groups excluding carboxylic acids is 2. The first kappa shape index (κ1) is 14.8. The molecule has 2 N–H and O–H groups in total. The molecule has 0 aliphatic heterocycles. The molecular weight excluding hydrogens is 272 g/mol. The van der Waals surface area contributed by atoms with Gasteiger partial charge in [0.25, 0.3) is 0 Å². The molecule has 1 aromatic carbocycles. The van der Waals surface area contributed by atoms with Gasteiger partial charge in [0.05, 0.1) is 11.0 Å². The number of H-pyrrole nitrogens is 1. The quantitative estimate of drug-likeness (QED) is 0.847. The summed E-state index contributed by atoms with van der Waals surface area (Å²) in [6.07, 6.45) is 0.277. The van der Waals surface area contributed by atoms with Gasteiger partial charge < -0.3 is 14.6 Å². The van der Waals surface area contributed by atoms with Gasteiger partial charge in [0.15, 0.2) is 0 Å². The van der Waals surface area contributed by atoms with Crippen LogP contribution in [0.5, 0.6) is 0 Å². The van der Waals surface area contributed by atoms with Crippen molar-refractivity contribution in [3.05, 3.63) is 24.3 Å². The Morgan fingerprint density at radius 1 is 1.38 bits per heavy atom. The minimum Gasteiger partial charge on any atom is -0.359 e. The number of nitrogens with zero attached hydrogens (tertiary/aromatic N) is 2. The lowest BCUT2D eigenvalue weighted by Crippen LogP contribution is -2.32. The van der Waals surface area contributed by atoms with E-state index < -0.39 is 12.2 Å². The molecule has 1 aromatic heterocycles. The molecule has 2 amide bonds. The van der Waals surface area contributed by atoms with Crippen molar-refractivity contribution >= 4 is 29.2 Å². The Kier molecular flexibility index (Phi) is 4.76. The van der Waals surface area contributed by atoms with Crippen LogP contribution in [0.4, 0.5) is 15.5 Å². The second kappa shape index (κ2) is 6.74. The average molecular weight is 290 g/mol.